The van der Waals surface area contributed by atoms with Crippen LogP contribution in [0.4, 0.5) is 5.69 Å². The van der Waals surface area contributed by atoms with Gasteiger partial charge in [-0.2, -0.15) is 5.26 Å². The van der Waals surface area contributed by atoms with Crippen molar-refractivity contribution in [3.8, 4) is 17.6 Å². The summed E-state index contributed by atoms with van der Waals surface area (Å²) in [5, 5.41) is 12.3. The molecule has 1 N–H and O–H groups in total. The number of methoxy groups -OCH3 is 1. The van der Waals surface area contributed by atoms with Crippen molar-refractivity contribution in [2.24, 2.45) is 0 Å². The summed E-state index contributed by atoms with van der Waals surface area (Å²) in [6.07, 6.45) is 1.52. The fourth-order valence-corrected chi connectivity index (χ4v) is 3.80. The molecule has 0 spiro atoms. The second-order valence-electron chi connectivity index (χ2n) is 7.68. The number of nitrogens with one attached hydrogen (secondary N) is 1. The summed E-state index contributed by atoms with van der Waals surface area (Å²) in [4.78, 5) is 12.6. The highest BCUT2D eigenvalue weighted by molar-refractivity contribution is 9.10. The second-order valence-corrected chi connectivity index (χ2v) is 8.53. The van der Waals surface area contributed by atoms with Gasteiger partial charge in [0.1, 0.15) is 18.2 Å². The maximum atomic E-state index is 12.6. The van der Waals surface area contributed by atoms with Crippen LogP contribution in [0.3, 0.4) is 0 Å². The minimum Gasteiger partial charge on any atom is -0.493 e. The van der Waals surface area contributed by atoms with E-state index in [1.54, 1.807) is 25.3 Å². The molecule has 0 radical (unpaired) electrons. The first-order valence-electron chi connectivity index (χ1n) is 10.4. The molecule has 0 aliphatic rings. The Bertz CT molecular complexity index is 1260. The molecule has 33 heavy (non-hydrogen) atoms. The highest BCUT2D eigenvalue weighted by Crippen LogP contribution is 2.38. The van der Waals surface area contributed by atoms with Gasteiger partial charge in [0.25, 0.3) is 5.91 Å². The van der Waals surface area contributed by atoms with Crippen molar-refractivity contribution in [2.45, 2.75) is 27.4 Å². The molecule has 1 amide bonds. The van der Waals surface area contributed by atoms with Gasteiger partial charge in [-0.05, 0) is 88.8 Å². The number of benzene rings is 3. The Labute approximate surface area is 202 Å². The molecule has 3 aromatic carbocycles. The van der Waals surface area contributed by atoms with Gasteiger partial charge in [0.2, 0.25) is 0 Å². The highest BCUT2D eigenvalue weighted by atomic mass is 79.9. The fraction of sp³-hybridized carbons (Fsp3) is 0.185. The third kappa shape index (κ3) is 6.03. The van der Waals surface area contributed by atoms with Gasteiger partial charge in [-0.15, -0.1) is 0 Å². The van der Waals surface area contributed by atoms with E-state index in [-0.39, 0.29) is 5.57 Å². The molecule has 0 saturated heterocycles. The molecule has 0 atom stereocenters. The number of halogens is 1. The lowest BCUT2D eigenvalue weighted by atomic mass is 10.1. The molecule has 0 fully saturated rings. The normalized spacial score (nSPS) is 11.0. The molecule has 0 aromatic heterocycles. The number of nitriles is 1. The van der Waals surface area contributed by atoms with Crippen LogP contribution in [0.5, 0.6) is 11.5 Å². The number of hydrogen-bond donors (Lipinski definition) is 1. The average molecular weight is 505 g/mol. The van der Waals surface area contributed by atoms with Crippen LogP contribution in [0.15, 0.2) is 64.6 Å². The minimum atomic E-state index is -0.475. The molecule has 0 unspecified atom stereocenters. The molecule has 168 valence electrons. The first-order chi connectivity index (χ1) is 15.8. The highest BCUT2D eigenvalue weighted by Gasteiger charge is 2.15. The van der Waals surface area contributed by atoms with Gasteiger partial charge in [0.05, 0.1) is 11.6 Å². The van der Waals surface area contributed by atoms with Crippen molar-refractivity contribution in [3.63, 3.8) is 0 Å². The Kier molecular flexibility index (Phi) is 7.92. The van der Waals surface area contributed by atoms with E-state index in [2.05, 4.69) is 47.2 Å². The summed E-state index contributed by atoms with van der Waals surface area (Å²) in [5.41, 5.74) is 5.68. The van der Waals surface area contributed by atoms with Gasteiger partial charge in [-0.3, -0.25) is 4.79 Å². The lowest BCUT2D eigenvalue weighted by Crippen LogP contribution is -2.14. The summed E-state index contributed by atoms with van der Waals surface area (Å²) < 4.78 is 12.2. The number of para-hydroxylation sites is 1. The van der Waals surface area contributed by atoms with Crippen molar-refractivity contribution < 1.29 is 14.3 Å². The zero-order valence-electron chi connectivity index (χ0n) is 19.0. The van der Waals surface area contributed by atoms with Crippen LogP contribution < -0.4 is 14.8 Å². The van der Waals surface area contributed by atoms with Crippen LogP contribution >= 0.6 is 15.9 Å². The Morgan fingerprint density at radius 2 is 1.82 bits per heavy atom. The monoisotopic (exact) mass is 504 g/mol. The largest absolute Gasteiger partial charge is 0.493 e. The molecule has 0 aliphatic carbocycles. The SMILES string of the molecule is COc1cc(/C=C(\C#N)C(=O)Nc2ccccc2C)cc(Br)c1OCc1ccc(C)c(C)c1. The summed E-state index contributed by atoms with van der Waals surface area (Å²) in [6, 6.07) is 19.1. The van der Waals surface area contributed by atoms with Crippen LogP contribution in [0, 0.1) is 32.1 Å². The van der Waals surface area contributed by atoms with E-state index in [1.165, 1.54) is 17.2 Å². The summed E-state index contributed by atoms with van der Waals surface area (Å²) in [5.74, 6) is 0.573. The summed E-state index contributed by atoms with van der Waals surface area (Å²) in [7, 11) is 1.55. The molecule has 0 heterocycles. The predicted octanol–water partition coefficient (Wildman–Crippen LogP) is 6.51. The van der Waals surface area contributed by atoms with E-state index in [1.807, 2.05) is 37.3 Å². The third-order valence-electron chi connectivity index (χ3n) is 5.28. The number of nitrogens with zero attached hydrogens (tertiary/aromatic N) is 1. The van der Waals surface area contributed by atoms with Crippen LogP contribution in [-0.2, 0) is 11.4 Å². The third-order valence-corrected chi connectivity index (χ3v) is 5.86. The zero-order chi connectivity index (χ0) is 24.0. The number of carbonyl (C=O) groups excluding carboxylic acids is 1. The van der Waals surface area contributed by atoms with Gasteiger partial charge >= 0.3 is 0 Å². The summed E-state index contributed by atoms with van der Waals surface area (Å²) >= 11 is 3.53. The molecule has 3 aromatic rings. The van der Waals surface area contributed by atoms with Gasteiger partial charge < -0.3 is 14.8 Å². The smallest absolute Gasteiger partial charge is 0.266 e. The van der Waals surface area contributed by atoms with E-state index in [9.17, 15) is 10.1 Å². The maximum Gasteiger partial charge on any atom is 0.266 e. The van der Waals surface area contributed by atoms with Gasteiger partial charge in [-0.25, -0.2) is 0 Å². The van der Waals surface area contributed by atoms with Gasteiger partial charge in [0.15, 0.2) is 11.5 Å². The molecule has 0 aliphatic heterocycles. The van der Waals surface area contributed by atoms with Crippen LogP contribution in [0.1, 0.15) is 27.8 Å². The number of ether oxygens (including phenoxy) is 2. The minimum absolute atomic E-state index is 0.0176. The molecule has 0 bridgehead atoms. The van der Waals surface area contributed by atoms with E-state index < -0.39 is 5.91 Å². The Balaban J connectivity index is 1.83. The van der Waals surface area contributed by atoms with Crippen LogP contribution in [-0.4, -0.2) is 13.0 Å². The first-order valence-corrected chi connectivity index (χ1v) is 11.2. The van der Waals surface area contributed by atoms with Crippen molar-refractivity contribution >= 4 is 33.6 Å². The number of anilines is 1. The predicted molar refractivity (Wildman–Crippen MR) is 134 cm³/mol. The van der Waals surface area contributed by atoms with Crippen LogP contribution in [0.2, 0.25) is 0 Å². The zero-order valence-corrected chi connectivity index (χ0v) is 20.6. The molecule has 3 rings (SSSR count). The summed E-state index contributed by atoms with van der Waals surface area (Å²) in [6.45, 7) is 6.42. The Hall–Kier alpha value is -3.56. The van der Waals surface area contributed by atoms with E-state index in [0.717, 1.165) is 11.1 Å². The average Bonchev–Trinajstić information content (AvgIpc) is 2.80. The Morgan fingerprint density at radius 1 is 1.06 bits per heavy atom. The van der Waals surface area contributed by atoms with Crippen molar-refractivity contribution in [2.75, 3.05) is 12.4 Å². The second kappa shape index (κ2) is 10.8. The Morgan fingerprint density at radius 3 is 2.48 bits per heavy atom. The van der Waals surface area contributed by atoms with Gasteiger partial charge in [0, 0.05) is 5.69 Å². The number of hydrogen-bond acceptors (Lipinski definition) is 4. The lowest BCUT2D eigenvalue weighted by molar-refractivity contribution is -0.112. The standard InChI is InChI=1S/C27H25BrN2O3/c1-17-9-10-20(11-19(17)3)16-33-26-23(28)13-21(14-25(26)32-4)12-22(15-29)27(31)30-24-8-6-5-7-18(24)2/h5-14H,16H2,1-4H3,(H,30,31)/b22-12+. The number of amides is 1. The van der Waals surface area contributed by atoms with Crippen molar-refractivity contribution in [3.05, 3.63) is 92.5 Å². The van der Waals surface area contributed by atoms with Crippen molar-refractivity contribution in [1.29, 1.82) is 5.26 Å². The van der Waals surface area contributed by atoms with E-state index >= 15 is 0 Å². The van der Waals surface area contributed by atoms with E-state index in [0.29, 0.717) is 33.8 Å². The molecular formula is C27H25BrN2O3. The number of aryl methyl sites for hydroxylation is 3. The van der Waals surface area contributed by atoms with Gasteiger partial charge in [-0.1, -0.05) is 36.4 Å². The lowest BCUT2D eigenvalue weighted by Gasteiger charge is -2.14. The number of carbonyl (C=O) groups is 1. The van der Waals surface area contributed by atoms with Crippen molar-refractivity contribution in [1.82, 2.24) is 0 Å². The number of rotatable bonds is 7. The fourth-order valence-electron chi connectivity index (χ4n) is 3.23. The molecular weight excluding hydrogens is 480 g/mol. The first kappa shape index (κ1) is 24.1. The van der Waals surface area contributed by atoms with E-state index in [4.69, 9.17) is 9.47 Å². The van der Waals surface area contributed by atoms with Crippen LogP contribution in [0.25, 0.3) is 6.08 Å². The quantitative estimate of drug-likeness (QED) is 0.294. The maximum absolute atomic E-state index is 12.6. The molecule has 5 nitrogen and oxygen atoms in total. The molecule has 0 saturated carbocycles. The topological polar surface area (TPSA) is 71.3 Å². The molecule has 6 heteroatoms.